The van der Waals surface area contributed by atoms with E-state index in [0.29, 0.717) is 6.04 Å². The first kappa shape index (κ1) is 10.8. The molecule has 1 amide bonds. The van der Waals surface area contributed by atoms with E-state index in [9.17, 15) is 4.79 Å². The lowest BCUT2D eigenvalue weighted by molar-refractivity contribution is -0.130. The molecule has 0 radical (unpaired) electrons. The van der Waals surface area contributed by atoms with Crippen molar-refractivity contribution in [2.24, 2.45) is 0 Å². The lowest BCUT2D eigenvalue weighted by Crippen LogP contribution is -2.47. The highest BCUT2D eigenvalue weighted by atomic mass is 35.5. The van der Waals surface area contributed by atoms with Gasteiger partial charge in [0.2, 0.25) is 5.91 Å². The molecule has 1 rings (SSSR count). The number of carbonyl (C=O) groups is 1. The average Bonchev–Trinajstić information content (AvgIpc) is 2.15. The second kappa shape index (κ2) is 4.82. The maximum absolute atomic E-state index is 11.3. The van der Waals surface area contributed by atoms with Gasteiger partial charge >= 0.3 is 0 Å². The first-order chi connectivity index (χ1) is 6.15. The van der Waals surface area contributed by atoms with Gasteiger partial charge in [-0.25, -0.2) is 0 Å². The summed E-state index contributed by atoms with van der Waals surface area (Å²) < 4.78 is 0. The van der Waals surface area contributed by atoms with Gasteiger partial charge in [-0.2, -0.15) is 0 Å². The van der Waals surface area contributed by atoms with E-state index in [1.165, 1.54) is 6.42 Å². The Balaban J connectivity index is 2.45. The molecule has 1 unspecified atom stereocenters. The van der Waals surface area contributed by atoms with Crippen LogP contribution in [0.2, 0.25) is 0 Å². The standard InChI is InChI=1S/C9H17ClN2O/c1-11-5-3-4-8(7-11)12(2)9(13)6-10/h8H,3-7H2,1-2H3. The highest BCUT2D eigenvalue weighted by Gasteiger charge is 2.23. The Bertz CT molecular complexity index is 186. The van der Waals surface area contributed by atoms with Crippen LogP contribution < -0.4 is 0 Å². The van der Waals surface area contributed by atoms with E-state index in [-0.39, 0.29) is 11.8 Å². The zero-order valence-electron chi connectivity index (χ0n) is 8.29. The molecule has 1 heterocycles. The van der Waals surface area contributed by atoms with Crippen LogP contribution in [-0.2, 0) is 4.79 Å². The fourth-order valence-electron chi connectivity index (χ4n) is 1.75. The highest BCUT2D eigenvalue weighted by Crippen LogP contribution is 2.13. The smallest absolute Gasteiger partial charge is 0.237 e. The monoisotopic (exact) mass is 204 g/mol. The number of hydrogen-bond acceptors (Lipinski definition) is 2. The highest BCUT2D eigenvalue weighted by molar-refractivity contribution is 6.27. The normalized spacial score (nSPS) is 24.4. The van der Waals surface area contributed by atoms with E-state index >= 15 is 0 Å². The largest absolute Gasteiger partial charge is 0.340 e. The number of alkyl halides is 1. The third-order valence-corrected chi connectivity index (χ3v) is 2.88. The molecule has 0 N–H and O–H groups in total. The average molecular weight is 205 g/mol. The number of likely N-dealkylation sites (tertiary alicyclic amines) is 1. The molecule has 76 valence electrons. The van der Waals surface area contributed by atoms with Crippen LogP contribution in [0.25, 0.3) is 0 Å². The molecule has 0 spiro atoms. The lowest BCUT2D eigenvalue weighted by atomic mass is 10.1. The number of amides is 1. The van der Waals surface area contributed by atoms with Crippen LogP contribution >= 0.6 is 11.6 Å². The molecular formula is C9H17ClN2O. The Morgan fingerprint density at radius 3 is 2.92 bits per heavy atom. The van der Waals surface area contributed by atoms with Crippen molar-refractivity contribution >= 4 is 17.5 Å². The molecule has 0 aromatic heterocycles. The van der Waals surface area contributed by atoms with Crippen molar-refractivity contribution < 1.29 is 4.79 Å². The summed E-state index contributed by atoms with van der Waals surface area (Å²) in [5.74, 6) is 0.124. The van der Waals surface area contributed by atoms with Gasteiger partial charge in [0.1, 0.15) is 5.88 Å². The van der Waals surface area contributed by atoms with Gasteiger partial charge in [0.15, 0.2) is 0 Å². The third-order valence-electron chi connectivity index (χ3n) is 2.66. The SMILES string of the molecule is CN1CCCC(N(C)C(=O)CCl)C1. The van der Waals surface area contributed by atoms with Crippen LogP contribution in [0.15, 0.2) is 0 Å². The molecule has 3 nitrogen and oxygen atoms in total. The Kier molecular flexibility index (Phi) is 4.00. The number of likely N-dealkylation sites (N-methyl/N-ethyl adjacent to an activating group) is 2. The van der Waals surface area contributed by atoms with Crippen molar-refractivity contribution in [2.45, 2.75) is 18.9 Å². The van der Waals surface area contributed by atoms with Crippen molar-refractivity contribution in [3.8, 4) is 0 Å². The number of hydrogen-bond donors (Lipinski definition) is 0. The summed E-state index contributed by atoms with van der Waals surface area (Å²) in [5, 5.41) is 0. The fourth-order valence-corrected chi connectivity index (χ4v) is 1.94. The number of nitrogens with zero attached hydrogens (tertiary/aromatic N) is 2. The molecule has 0 saturated carbocycles. The quantitative estimate of drug-likeness (QED) is 0.621. The van der Waals surface area contributed by atoms with E-state index in [1.54, 1.807) is 4.90 Å². The molecule has 4 heteroatoms. The summed E-state index contributed by atoms with van der Waals surface area (Å²) >= 11 is 5.50. The van der Waals surface area contributed by atoms with Crippen LogP contribution in [-0.4, -0.2) is 54.8 Å². The van der Waals surface area contributed by atoms with Crippen molar-refractivity contribution in [3.05, 3.63) is 0 Å². The number of piperidine rings is 1. The van der Waals surface area contributed by atoms with E-state index in [0.717, 1.165) is 19.5 Å². The first-order valence-electron chi connectivity index (χ1n) is 4.65. The van der Waals surface area contributed by atoms with Gasteiger partial charge in [-0.05, 0) is 26.4 Å². The van der Waals surface area contributed by atoms with E-state index < -0.39 is 0 Å². The van der Waals surface area contributed by atoms with E-state index in [1.807, 2.05) is 7.05 Å². The van der Waals surface area contributed by atoms with Gasteiger partial charge < -0.3 is 9.80 Å². The molecule has 1 aliphatic rings. The molecule has 0 aliphatic carbocycles. The number of rotatable bonds is 2. The van der Waals surface area contributed by atoms with Crippen molar-refractivity contribution in [3.63, 3.8) is 0 Å². The first-order valence-corrected chi connectivity index (χ1v) is 5.18. The number of carbonyl (C=O) groups excluding carboxylic acids is 1. The molecule has 1 fully saturated rings. The summed E-state index contributed by atoms with van der Waals surface area (Å²) in [4.78, 5) is 15.3. The Hall–Kier alpha value is -0.280. The Morgan fingerprint density at radius 2 is 2.38 bits per heavy atom. The lowest BCUT2D eigenvalue weighted by Gasteiger charge is -2.35. The van der Waals surface area contributed by atoms with E-state index in [2.05, 4.69) is 11.9 Å². The second-order valence-corrected chi connectivity index (χ2v) is 3.96. The zero-order chi connectivity index (χ0) is 9.84. The Morgan fingerprint density at radius 1 is 1.69 bits per heavy atom. The third kappa shape index (κ3) is 2.85. The van der Waals surface area contributed by atoms with Gasteiger partial charge in [0, 0.05) is 19.6 Å². The zero-order valence-corrected chi connectivity index (χ0v) is 9.05. The summed E-state index contributed by atoms with van der Waals surface area (Å²) in [7, 11) is 3.93. The summed E-state index contributed by atoms with van der Waals surface area (Å²) in [6, 6.07) is 0.352. The number of halogens is 1. The minimum absolute atomic E-state index is 0.0296. The van der Waals surface area contributed by atoms with E-state index in [4.69, 9.17) is 11.6 Å². The topological polar surface area (TPSA) is 23.6 Å². The van der Waals surface area contributed by atoms with Crippen LogP contribution in [0.5, 0.6) is 0 Å². The second-order valence-electron chi connectivity index (χ2n) is 3.70. The van der Waals surface area contributed by atoms with Crippen molar-refractivity contribution in [2.75, 3.05) is 33.1 Å². The van der Waals surface area contributed by atoms with Crippen LogP contribution in [0.4, 0.5) is 0 Å². The molecular weight excluding hydrogens is 188 g/mol. The summed E-state index contributed by atoms with van der Waals surface area (Å²) in [6.07, 6.45) is 2.27. The van der Waals surface area contributed by atoms with Gasteiger partial charge in [-0.1, -0.05) is 0 Å². The van der Waals surface area contributed by atoms with Gasteiger partial charge in [-0.3, -0.25) is 4.79 Å². The maximum atomic E-state index is 11.3. The van der Waals surface area contributed by atoms with Crippen molar-refractivity contribution in [1.82, 2.24) is 9.80 Å². The van der Waals surface area contributed by atoms with Gasteiger partial charge in [0.25, 0.3) is 0 Å². The summed E-state index contributed by atoms with van der Waals surface area (Å²) in [6.45, 7) is 2.11. The fraction of sp³-hybridized carbons (Fsp3) is 0.889. The minimum atomic E-state index is 0.0296. The molecule has 1 atom stereocenters. The Labute approximate surface area is 84.6 Å². The molecule has 0 aromatic rings. The predicted octanol–water partition coefficient (Wildman–Crippen LogP) is 0.778. The van der Waals surface area contributed by atoms with Gasteiger partial charge in [-0.15, -0.1) is 11.6 Å². The van der Waals surface area contributed by atoms with Gasteiger partial charge in [0.05, 0.1) is 0 Å². The molecule has 1 saturated heterocycles. The van der Waals surface area contributed by atoms with Crippen molar-refractivity contribution in [1.29, 1.82) is 0 Å². The van der Waals surface area contributed by atoms with Crippen LogP contribution in [0, 0.1) is 0 Å². The molecule has 0 aromatic carbocycles. The van der Waals surface area contributed by atoms with Crippen LogP contribution in [0.3, 0.4) is 0 Å². The molecule has 13 heavy (non-hydrogen) atoms. The minimum Gasteiger partial charge on any atom is -0.340 e. The summed E-state index contributed by atoms with van der Waals surface area (Å²) in [5.41, 5.74) is 0. The predicted molar refractivity (Wildman–Crippen MR) is 54.0 cm³/mol. The molecule has 0 bridgehead atoms. The maximum Gasteiger partial charge on any atom is 0.237 e. The molecule has 1 aliphatic heterocycles. The van der Waals surface area contributed by atoms with Crippen LogP contribution in [0.1, 0.15) is 12.8 Å².